The van der Waals surface area contributed by atoms with Crippen molar-refractivity contribution in [2.75, 3.05) is 26.8 Å². The number of likely N-dealkylation sites (N-methyl/N-ethyl adjacent to an activating group) is 1. The molecule has 0 radical (unpaired) electrons. The van der Waals surface area contributed by atoms with E-state index in [-0.39, 0.29) is 12.3 Å². The summed E-state index contributed by atoms with van der Waals surface area (Å²) in [4.78, 5) is 22.8. The Morgan fingerprint density at radius 3 is 2.79 bits per heavy atom. The fourth-order valence-corrected chi connectivity index (χ4v) is 0.943. The van der Waals surface area contributed by atoms with E-state index in [0.29, 0.717) is 13.2 Å². The molecule has 78 valence electrons. The number of aliphatic carboxylic acids is 1. The molecule has 0 aromatic heterocycles. The SMILES string of the molecule is CN(CC(=O)O)C(=O)C1=COCCO1. The van der Waals surface area contributed by atoms with Crippen LogP contribution in [0.2, 0.25) is 0 Å². The lowest BCUT2D eigenvalue weighted by molar-refractivity contribution is -0.143. The van der Waals surface area contributed by atoms with Crippen LogP contribution in [0.25, 0.3) is 0 Å². The van der Waals surface area contributed by atoms with Crippen molar-refractivity contribution in [3.63, 3.8) is 0 Å². The van der Waals surface area contributed by atoms with E-state index in [2.05, 4.69) is 0 Å². The molecule has 0 aromatic rings. The van der Waals surface area contributed by atoms with E-state index in [1.54, 1.807) is 0 Å². The highest BCUT2D eigenvalue weighted by molar-refractivity contribution is 5.93. The fraction of sp³-hybridized carbons (Fsp3) is 0.500. The second-order valence-electron chi connectivity index (χ2n) is 2.76. The second kappa shape index (κ2) is 4.50. The van der Waals surface area contributed by atoms with Crippen LogP contribution in [-0.4, -0.2) is 48.7 Å². The van der Waals surface area contributed by atoms with Crippen LogP contribution in [0.15, 0.2) is 12.0 Å². The Balaban J connectivity index is 2.55. The van der Waals surface area contributed by atoms with Crippen molar-refractivity contribution in [2.24, 2.45) is 0 Å². The number of rotatable bonds is 3. The fourth-order valence-electron chi connectivity index (χ4n) is 0.943. The van der Waals surface area contributed by atoms with Gasteiger partial charge in [0.15, 0.2) is 0 Å². The van der Waals surface area contributed by atoms with Gasteiger partial charge in [-0.15, -0.1) is 0 Å². The number of hydrogen-bond donors (Lipinski definition) is 1. The molecule has 1 aliphatic rings. The Kier molecular flexibility index (Phi) is 3.33. The van der Waals surface area contributed by atoms with E-state index < -0.39 is 11.9 Å². The largest absolute Gasteiger partial charge is 0.494 e. The molecule has 14 heavy (non-hydrogen) atoms. The topological polar surface area (TPSA) is 76.1 Å². The lowest BCUT2D eigenvalue weighted by Crippen LogP contribution is -2.34. The zero-order valence-electron chi connectivity index (χ0n) is 7.73. The highest BCUT2D eigenvalue weighted by atomic mass is 16.6. The van der Waals surface area contributed by atoms with Gasteiger partial charge in [-0.25, -0.2) is 0 Å². The van der Waals surface area contributed by atoms with Crippen LogP contribution in [0, 0.1) is 0 Å². The predicted molar refractivity (Wildman–Crippen MR) is 45.3 cm³/mol. The molecule has 0 fully saturated rings. The van der Waals surface area contributed by atoms with Gasteiger partial charge in [0.05, 0.1) is 0 Å². The summed E-state index contributed by atoms with van der Waals surface area (Å²) in [6, 6.07) is 0. The lowest BCUT2D eigenvalue weighted by Gasteiger charge is -2.19. The minimum absolute atomic E-state index is 0.0417. The molecule has 1 rings (SSSR count). The van der Waals surface area contributed by atoms with Crippen LogP contribution in [-0.2, 0) is 19.1 Å². The number of hydrogen-bond acceptors (Lipinski definition) is 4. The number of amides is 1. The summed E-state index contributed by atoms with van der Waals surface area (Å²) < 4.78 is 9.87. The van der Waals surface area contributed by atoms with Gasteiger partial charge in [0, 0.05) is 7.05 Å². The first kappa shape index (κ1) is 10.4. The summed E-state index contributed by atoms with van der Waals surface area (Å²) >= 11 is 0. The van der Waals surface area contributed by atoms with Gasteiger partial charge in [-0.05, 0) is 0 Å². The molecule has 1 heterocycles. The summed E-state index contributed by atoms with van der Waals surface area (Å²) in [5, 5.41) is 8.45. The van der Waals surface area contributed by atoms with Crippen LogP contribution in [0.3, 0.4) is 0 Å². The van der Waals surface area contributed by atoms with Crippen molar-refractivity contribution in [3.8, 4) is 0 Å². The van der Waals surface area contributed by atoms with E-state index >= 15 is 0 Å². The Labute approximate surface area is 80.7 Å². The molecule has 1 aliphatic heterocycles. The van der Waals surface area contributed by atoms with Gasteiger partial charge in [0.1, 0.15) is 26.0 Å². The highest BCUT2D eigenvalue weighted by Crippen LogP contribution is 2.07. The van der Waals surface area contributed by atoms with Gasteiger partial charge in [-0.1, -0.05) is 0 Å². The molecule has 6 heteroatoms. The van der Waals surface area contributed by atoms with E-state index in [9.17, 15) is 9.59 Å². The molecule has 6 nitrogen and oxygen atoms in total. The lowest BCUT2D eigenvalue weighted by atomic mass is 10.4. The van der Waals surface area contributed by atoms with Crippen molar-refractivity contribution in [1.82, 2.24) is 4.90 Å². The molecule has 1 amide bonds. The average Bonchev–Trinajstić information content (AvgIpc) is 2.17. The minimum atomic E-state index is -1.07. The van der Waals surface area contributed by atoms with Gasteiger partial charge in [-0.2, -0.15) is 0 Å². The molecule has 0 aliphatic carbocycles. The first-order chi connectivity index (χ1) is 6.61. The average molecular weight is 201 g/mol. The Hall–Kier alpha value is -1.72. The molecule has 0 bridgehead atoms. The maximum Gasteiger partial charge on any atom is 0.323 e. The molecular formula is C8H11NO5. The molecule has 0 spiro atoms. The van der Waals surface area contributed by atoms with Gasteiger partial charge < -0.3 is 19.5 Å². The standard InChI is InChI=1S/C8H11NO5/c1-9(4-7(10)11)8(12)6-5-13-2-3-14-6/h5H,2-4H2,1H3,(H,10,11). The number of carboxylic acids is 1. The van der Waals surface area contributed by atoms with E-state index in [0.717, 1.165) is 4.90 Å². The summed E-state index contributed by atoms with van der Waals surface area (Å²) in [6.07, 6.45) is 1.20. The van der Waals surface area contributed by atoms with Crippen molar-refractivity contribution >= 4 is 11.9 Å². The van der Waals surface area contributed by atoms with Crippen molar-refractivity contribution < 1.29 is 24.2 Å². The Morgan fingerprint density at radius 1 is 1.57 bits per heavy atom. The minimum Gasteiger partial charge on any atom is -0.494 e. The predicted octanol–water partition coefficient (Wildman–Crippen LogP) is -0.582. The number of carbonyl (C=O) groups excluding carboxylic acids is 1. The van der Waals surface area contributed by atoms with Crippen LogP contribution < -0.4 is 0 Å². The third-order valence-electron chi connectivity index (χ3n) is 1.58. The van der Waals surface area contributed by atoms with Gasteiger partial charge >= 0.3 is 5.97 Å². The van der Waals surface area contributed by atoms with Crippen molar-refractivity contribution in [3.05, 3.63) is 12.0 Å². The zero-order chi connectivity index (χ0) is 10.6. The number of nitrogens with zero attached hydrogens (tertiary/aromatic N) is 1. The number of carboxylic acid groups (broad SMARTS) is 1. The Morgan fingerprint density at radius 2 is 2.29 bits per heavy atom. The quantitative estimate of drug-likeness (QED) is 0.661. The molecule has 0 unspecified atom stereocenters. The molecule has 0 atom stereocenters. The molecule has 1 N–H and O–H groups in total. The maximum atomic E-state index is 11.4. The van der Waals surface area contributed by atoms with Crippen LogP contribution in [0.5, 0.6) is 0 Å². The van der Waals surface area contributed by atoms with Crippen molar-refractivity contribution in [1.29, 1.82) is 0 Å². The summed E-state index contributed by atoms with van der Waals surface area (Å²) in [5.41, 5.74) is 0. The van der Waals surface area contributed by atoms with Crippen LogP contribution in [0.4, 0.5) is 0 Å². The third-order valence-corrected chi connectivity index (χ3v) is 1.58. The van der Waals surface area contributed by atoms with Gasteiger partial charge in [-0.3, -0.25) is 9.59 Å². The normalized spacial score (nSPS) is 14.8. The van der Waals surface area contributed by atoms with Crippen molar-refractivity contribution in [2.45, 2.75) is 0 Å². The molecule has 0 aromatic carbocycles. The van der Waals surface area contributed by atoms with E-state index in [1.807, 2.05) is 0 Å². The number of carbonyl (C=O) groups is 2. The summed E-state index contributed by atoms with van der Waals surface area (Å²) in [5.74, 6) is -1.52. The van der Waals surface area contributed by atoms with E-state index in [1.165, 1.54) is 13.3 Å². The highest BCUT2D eigenvalue weighted by Gasteiger charge is 2.20. The maximum absolute atomic E-state index is 11.4. The Bertz CT molecular complexity index is 273. The van der Waals surface area contributed by atoms with Crippen LogP contribution >= 0.6 is 0 Å². The smallest absolute Gasteiger partial charge is 0.323 e. The monoisotopic (exact) mass is 201 g/mol. The second-order valence-corrected chi connectivity index (χ2v) is 2.76. The number of ether oxygens (including phenoxy) is 2. The third kappa shape index (κ3) is 2.65. The molecular weight excluding hydrogens is 190 g/mol. The summed E-state index contributed by atoms with van der Waals surface area (Å²) in [6.45, 7) is 0.345. The first-order valence-corrected chi connectivity index (χ1v) is 4.03. The first-order valence-electron chi connectivity index (χ1n) is 4.03. The molecule has 0 saturated heterocycles. The van der Waals surface area contributed by atoms with Gasteiger partial charge in [0.25, 0.3) is 5.91 Å². The summed E-state index contributed by atoms with van der Waals surface area (Å²) in [7, 11) is 1.38. The van der Waals surface area contributed by atoms with Crippen LogP contribution in [0.1, 0.15) is 0 Å². The van der Waals surface area contributed by atoms with Gasteiger partial charge in [0.2, 0.25) is 5.76 Å². The zero-order valence-corrected chi connectivity index (χ0v) is 7.73. The molecule has 0 saturated carbocycles. The van der Waals surface area contributed by atoms with E-state index in [4.69, 9.17) is 14.6 Å².